The Morgan fingerprint density at radius 1 is 1.14 bits per heavy atom. The van der Waals surface area contributed by atoms with Gasteiger partial charge in [-0.15, -0.1) is 0 Å². The maximum absolute atomic E-state index is 9.84. The van der Waals surface area contributed by atoms with Crippen molar-refractivity contribution in [3.05, 3.63) is 0 Å². The Balaban J connectivity index is 4.21. The number of rotatable bonds is 8. The van der Waals surface area contributed by atoms with Crippen LogP contribution >= 0.6 is 7.51 Å². The van der Waals surface area contributed by atoms with Crippen molar-refractivity contribution in [2.45, 2.75) is 20.3 Å². The third-order valence-corrected chi connectivity index (χ3v) is 4.24. The second-order valence-electron chi connectivity index (χ2n) is 2.85. The number of hydrogen-bond acceptors (Lipinski definition) is 6. The molecule has 0 aromatic rings. The van der Waals surface area contributed by atoms with Gasteiger partial charge in [0.1, 0.15) is 0 Å². The van der Waals surface area contributed by atoms with E-state index >= 15 is 0 Å². The second kappa shape index (κ2) is 5.92. The predicted molar refractivity (Wildman–Crippen MR) is 53.9 cm³/mol. The first-order valence-electron chi connectivity index (χ1n) is 4.65. The van der Waals surface area contributed by atoms with Gasteiger partial charge >= 0.3 is 83.2 Å². The molecule has 4 N–H and O–H groups in total. The molecule has 0 heterocycles. The van der Waals surface area contributed by atoms with Crippen LogP contribution in [0, 0.1) is 0 Å². The Kier molecular flexibility index (Phi) is 6.00. The molecule has 0 unspecified atom stereocenters. The van der Waals surface area contributed by atoms with Gasteiger partial charge in [-0.3, -0.25) is 0 Å². The molecule has 0 amide bonds. The van der Waals surface area contributed by atoms with Gasteiger partial charge in [0, 0.05) is 0 Å². The van der Waals surface area contributed by atoms with Crippen LogP contribution in [0.3, 0.4) is 0 Å². The quantitative estimate of drug-likeness (QED) is 0.277. The molecular formula is C7H20NO5P. The Bertz CT molecular complexity index is 156. The van der Waals surface area contributed by atoms with Gasteiger partial charge in [0.2, 0.25) is 0 Å². The summed E-state index contributed by atoms with van der Waals surface area (Å²) in [6.45, 7) is 3.95. The summed E-state index contributed by atoms with van der Waals surface area (Å²) in [6.07, 6.45) is 0.349. The summed E-state index contributed by atoms with van der Waals surface area (Å²) in [5.41, 5.74) is 1.93. The van der Waals surface area contributed by atoms with Gasteiger partial charge in [0.05, 0.1) is 0 Å². The summed E-state index contributed by atoms with van der Waals surface area (Å²) in [7, 11) is -4.41. The van der Waals surface area contributed by atoms with E-state index in [0.717, 1.165) is 0 Å². The summed E-state index contributed by atoms with van der Waals surface area (Å²) in [6, 6.07) is 0. The van der Waals surface area contributed by atoms with E-state index in [1.807, 2.05) is 5.48 Å². The number of nitrogens with one attached hydrogen (secondary N) is 1. The molecular weight excluding hydrogens is 209 g/mol. The minimum absolute atomic E-state index is 0.0131. The SMILES string of the molecule is CCOP(O)(O)(CCCNO)OCC. The zero-order valence-electron chi connectivity index (χ0n) is 8.64. The van der Waals surface area contributed by atoms with Crippen LogP contribution in [0.15, 0.2) is 0 Å². The summed E-state index contributed by atoms with van der Waals surface area (Å²) in [5, 5.41) is 8.33. The topological polar surface area (TPSA) is 91.2 Å². The monoisotopic (exact) mass is 229 g/mol. The fourth-order valence-electron chi connectivity index (χ4n) is 1.11. The van der Waals surface area contributed by atoms with E-state index in [4.69, 9.17) is 14.3 Å². The van der Waals surface area contributed by atoms with Crippen LogP contribution in [0.25, 0.3) is 0 Å². The summed E-state index contributed by atoms with van der Waals surface area (Å²) in [4.78, 5) is 19.7. The molecule has 0 aliphatic heterocycles. The zero-order valence-corrected chi connectivity index (χ0v) is 9.54. The van der Waals surface area contributed by atoms with Crippen LogP contribution in [-0.4, -0.2) is 40.9 Å². The molecule has 6 nitrogen and oxygen atoms in total. The molecule has 0 saturated heterocycles. The van der Waals surface area contributed by atoms with Crippen LogP contribution in [-0.2, 0) is 9.05 Å². The van der Waals surface area contributed by atoms with E-state index in [-0.39, 0.29) is 25.9 Å². The Morgan fingerprint density at radius 2 is 1.64 bits per heavy atom. The molecule has 0 spiro atoms. The van der Waals surface area contributed by atoms with Crippen LogP contribution in [0.5, 0.6) is 0 Å². The van der Waals surface area contributed by atoms with Crippen molar-refractivity contribution in [1.29, 1.82) is 0 Å². The Morgan fingerprint density at radius 3 is 2.00 bits per heavy atom. The van der Waals surface area contributed by atoms with E-state index in [1.165, 1.54) is 0 Å². The van der Waals surface area contributed by atoms with Gasteiger partial charge < -0.3 is 0 Å². The molecule has 0 atom stereocenters. The van der Waals surface area contributed by atoms with Crippen molar-refractivity contribution in [2.75, 3.05) is 25.9 Å². The average molecular weight is 229 g/mol. The summed E-state index contributed by atoms with van der Waals surface area (Å²) < 4.78 is 9.83. The zero-order chi connectivity index (χ0) is 11.1. The van der Waals surface area contributed by atoms with Crippen molar-refractivity contribution in [2.24, 2.45) is 0 Å². The first kappa shape index (κ1) is 14.2. The molecule has 14 heavy (non-hydrogen) atoms. The van der Waals surface area contributed by atoms with Crippen molar-refractivity contribution >= 4 is 7.51 Å². The fraction of sp³-hybridized carbons (Fsp3) is 1.00. The van der Waals surface area contributed by atoms with E-state index in [1.54, 1.807) is 13.8 Å². The normalized spacial score (nSPS) is 15.1. The average Bonchev–Trinajstić information content (AvgIpc) is 2.04. The third kappa shape index (κ3) is 5.17. The predicted octanol–water partition coefficient (Wildman–Crippen LogP) is 0.626. The molecule has 0 aliphatic carbocycles. The standard InChI is InChI=1S/C7H20NO5P/c1-3-12-14(10,11,13-4-2)7-5-6-8-9/h8-11H,3-7H2,1-2H3. The first-order chi connectivity index (χ1) is 6.46. The van der Waals surface area contributed by atoms with E-state index in [2.05, 4.69) is 0 Å². The van der Waals surface area contributed by atoms with Gasteiger partial charge in [0.15, 0.2) is 0 Å². The van der Waals surface area contributed by atoms with E-state index < -0.39 is 7.51 Å². The van der Waals surface area contributed by atoms with Crippen LogP contribution < -0.4 is 5.48 Å². The van der Waals surface area contributed by atoms with Crippen LogP contribution in [0.4, 0.5) is 0 Å². The van der Waals surface area contributed by atoms with Gasteiger partial charge in [-0.2, -0.15) is 0 Å². The van der Waals surface area contributed by atoms with Gasteiger partial charge in [-0.05, 0) is 0 Å². The fourth-order valence-corrected chi connectivity index (χ4v) is 3.18. The molecule has 7 heteroatoms. The summed E-state index contributed by atoms with van der Waals surface area (Å²) >= 11 is 0. The molecule has 0 aromatic heterocycles. The third-order valence-electron chi connectivity index (χ3n) is 1.61. The first-order valence-corrected chi connectivity index (χ1v) is 6.81. The number of hydroxylamine groups is 1. The summed E-state index contributed by atoms with van der Waals surface area (Å²) in [5.74, 6) is 0. The van der Waals surface area contributed by atoms with Crippen LogP contribution in [0.2, 0.25) is 0 Å². The van der Waals surface area contributed by atoms with Crippen LogP contribution in [0.1, 0.15) is 20.3 Å². The molecule has 0 radical (unpaired) electrons. The molecule has 0 aromatic carbocycles. The van der Waals surface area contributed by atoms with E-state index in [9.17, 15) is 9.79 Å². The maximum atomic E-state index is 9.84. The van der Waals surface area contributed by atoms with Gasteiger partial charge in [-0.25, -0.2) is 0 Å². The Labute approximate surface area is 84.1 Å². The van der Waals surface area contributed by atoms with Gasteiger partial charge in [-0.1, -0.05) is 0 Å². The van der Waals surface area contributed by atoms with Gasteiger partial charge in [0.25, 0.3) is 0 Å². The minimum atomic E-state index is -4.41. The van der Waals surface area contributed by atoms with Crippen molar-refractivity contribution in [3.63, 3.8) is 0 Å². The molecule has 0 fully saturated rings. The van der Waals surface area contributed by atoms with E-state index in [0.29, 0.717) is 6.42 Å². The number of hydrogen-bond donors (Lipinski definition) is 4. The molecule has 0 bridgehead atoms. The molecule has 88 valence electrons. The Hall–Kier alpha value is 0.190. The molecule has 0 saturated carbocycles. The van der Waals surface area contributed by atoms with Crippen molar-refractivity contribution < 1.29 is 24.0 Å². The molecule has 0 aliphatic rings. The second-order valence-corrected chi connectivity index (χ2v) is 5.88. The molecule has 0 rings (SSSR count). The van der Waals surface area contributed by atoms with Crippen molar-refractivity contribution in [1.82, 2.24) is 5.48 Å². The van der Waals surface area contributed by atoms with Crippen molar-refractivity contribution in [3.8, 4) is 0 Å².